The SMILES string of the molecule is Cc1c(-c2ccc(F)cc2N)cc2c(c1C)c1ccccc1n2C. The molecule has 2 nitrogen and oxygen atoms in total. The number of rotatable bonds is 1. The van der Waals surface area contributed by atoms with Crippen LogP contribution in [0.25, 0.3) is 32.9 Å². The molecule has 0 aliphatic carbocycles. The van der Waals surface area contributed by atoms with E-state index in [2.05, 4.69) is 55.8 Å². The maximum Gasteiger partial charge on any atom is 0.125 e. The van der Waals surface area contributed by atoms with E-state index in [0.717, 1.165) is 16.6 Å². The van der Waals surface area contributed by atoms with Crippen LogP contribution in [0.1, 0.15) is 11.1 Å². The van der Waals surface area contributed by atoms with E-state index < -0.39 is 0 Å². The highest BCUT2D eigenvalue weighted by molar-refractivity contribution is 6.11. The van der Waals surface area contributed by atoms with Crippen molar-refractivity contribution >= 4 is 27.5 Å². The Balaban J connectivity index is 2.14. The van der Waals surface area contributed by atoms with E-state index in [-0.39, 0.29) is 5.82 Å². The third kappa shape index (κ3) is 1.94. The molecule has 4 aromatic rings. The zero-order valence-electron chi connectivity index (χ0n) is 14.0. The van der Waals surface area contributed by atoms with Crippen LogP contribution in [0.15, 0.2) is 48.5 Å². The Kier molecular flexibility index (Phi) is 3.14. The van der Waals surface area contributed by atoms with Gasteiger partial charge in [-0.25, -0.2) is 4.39 Å². The highest BCUT2D eigenvalue weighted by Crippen LogP contribution is 2.38. The molecule has 0 fully saturated rings. The first-order valence-electron chi connectivity index (χ1n) is 8.01. The molecule has 0 bridgehead atoms. The van der Waals surface area contributed by atoms with Gasteiger partial charge >= 0.3 is 0 Å². The molecule has 2 N–H and O–H groups in total. The van der Waals surface area contributed by atoms with Gasteiger partial charge in [0.15, 0.2) is 0 Å². The number of nitrogen functional groups attached to an aromatic ring is 1. The van der Waals surface area contributed by atoms with Gasteiger partial charge in [-0.1, -0.05) is 18.2 Å². The summed E-state index contributed by atoms with van der Waals surface area (Å²) in [7, 11) is 2.08. The van der Waals surface area contributed by atoms with E-state index >= 15 is 0 Å². The van der Waals surface area contributed by atoms with Gasteiger partial charge in [-0.3, -0.25) is 0 Å². The molecular weight excluding hydrogens is 299 g/mol. The molecule has 0 saturated heterocycles. The lowest BCUT2D eigenvalue weighted by atomic mass is 9.92. The third-order valence-electron chi connectivity index (χ3n) is 5.08. The summed E-state index contributed by atoms with van der Waals surface area (Å²) < 4.78 is 15.6. The van der Waals surface area contributed by atoms with Crippen molar-refractivity contribution in [3.05, 3.63) is 65.5 Å². The minimum atomic E-state index is -0.309. The summed E-state index contributed by atoms with van der Waals surface area (Å²) in [6.45, 7) is 4.25. The Morgan fingerprint density at radius 3 is 2.38 bits per heavy atom. The van der Waals surface area contributed by atoms with E-state index in [4.69, 9.17) is 5.73 Å². The molecule has 1 aromatic heterocycles. The number of aromatic nitrogens is 1. The van der Waals surface area contributed by atoms with Crippen molar-refractivity contribution in [1.29, 1.82) is 0 Å². The molecule has 24 heavy (non-hydrogen) atoms. The van der Waals surface area contributed by atoms with E-state index in [9.17, 15) is 4.39 Å². The van der Waals surface area contributed by atoms with Gasteiger partial charge in [-0.15, -0.1) is 0 Å². The number of hydrogen-bond acceptors (Lipinski definition) is 1. The smallest absolute Gasteiger partial charge is 0.125 e. The summed E-state index contributed by atoms with van der Waals surface area (Å²) in [5.41, 5.74) is 13.3. The standard InChI is InChI=1S/C21H19FN2/c1-12-13(2)21-16-6-4-5-7-19(16)24(3)20(21)11-17(12)15-9-8-14(22)10-18(15)23/h4-11H,23H2,1-3H3. The normalized spacial score (nSPS) is 11.5. The summed E-state index contributed by atoms with van der Waals surface area (Å²) in [5.74, 6) is -0.309. The first-order valence-corrected chi connectivity index (χ1v) is 8.01. The van der Waals surface area contributed by atoms with Crippen LogP contribution in [0.2, 0.25) is 0 Å². The van der Waals surface area contributed by atoms with Crippen LogP contribution < -0.4 is 5.73 Å². The number of anilines is 1. The Hall–Kier alpha value is -2.81. The fraction of sp³-hybridized carbons (Fsp3) is 0.143. The maximum atomic E-state index is 13.4. The quantitative estimate of drug-likeness (QED) is 0.472. The van der Waals surface area contributed by atoms with E-state index in [1.807, 2.05) is 0 Å². The van der Waals surface area contributed by atoms with Gasteiger partial charge in [-0.05, 0) is 60.9 Å². The Bertz CT molecular complexity index is 1110. The second kappa shape index (κ2) is 5.10. The average molecular weight is 318 g/mol. The Morgan fingerprint density at radius 1 is 0.875 bits per heavy atom. The lowest BCUT2D eigenvalue weighted by Crippen LogP contribution is -1.96. The van der Waals surface area contributed by atoms with Gasteiger partial charge in [0.25, 0.3) is 0 Å². The molecule has 4 rings (SSSR count). The number of halogens is 1. The molecule has 0 atom stereocenters. The summed E-state index contributed by atoms with van der Waals surface area (Å²) >= 11 is 0. The maximum absolute atomic E-state index is 13.4. The molecule has 0 aliphatic heterocycles. The molecule has 1 heterocycles. The predicted octanol–water partition coefficient (Wildman–Crippen LogP) is 5.34. The van der Waals surface area contributed by atoms with Crippen molar-refractivity contribution in [2.24, 2.45) is 7.05 Å². The molecule has 0 unspecified atom stereocenters. The molecular formula is C21H19FN2. The zero-order chi connectivity index (χ0) is 17.0. The molecule has 0 amide bonds. The second-order valence-corrected chi connectivity index (χ2v) is 6.38. The van der Waals surface area contributed by atoms with Crippen LogP contribution >= 0.6 is 0 Å². The van der Waals surface area contributed by atoms with E-state index in [1.54, 1.807) is 6.07 Å². The van der Waals surface area contributed by atoms with E-state index in [0.29, 0.717) is 5.69 Å². The molecule has 0 radical (unpaired) electrons. The Morgan fingerprint density at radius 2 is 1.62 bits per heavy atom. The van der Waals surface area contributed by atoms with Crippen LogP contribution in [0.4, 0.5) is 10.1 Å². The minimum Gasteiger partial charge on any atom is -0.398 e. The van der Waals surface area contributed by atoms with Crippen LogP contribution in [-0.4, -0.2) is 4.57 Å². The van der Waals surface area contributed by atoms with Crippen LogP contribution in [0.5, 0.6) is 0 Å². The van der Waals surface area contributed by atoms with Crippen molar-refractivity contribution < 1.29 is 4.39 Å². The molecule has 3 heteroatoms. The molecule has 3 aromatic carbocycles. The van der Waals surface area contributed by atoms with Crippen molar-refractivity contribution in [2.45, 2.75) is 13.8 Å². The second-order valence-electron chi connectivity index (χ2n) is 6.38. The lowest BCUT2D eigenvalue weighted by Gasteiger charge is -2.14. The van der Waals surface area contributed by atoms with Crippen LogP contribution in [-0.2, 0) is 7.05 Å². The van der Waals surface area contributed by atoms with Gasteiger partial charge in [-0.2, -0.15) is 0 Å². The minimum absolute atomic E-state index is 0.309. The first-order chi connectivity index (χ1) is 11.5. The van der Waals surface area contributed by atoms with Crippen molar-refractivity contribution in [3.63, 3.8) is 0 Å². The zero-order valence-corrected chi connectivity index (χ0v) is 14.0. The van der Waals surface area contributed by atoms with Crippen LogP contribution in [0.3, 0.4) is 0 Å². The fourth-order valence-electron chi connectivity index (χ4n) is 3.67. The van der Waals surface area contributed by atoms with Gasteiger partial charge in [0.05, 0.1) is 0 Å². The number of fused-ring (bicyclic) bond motifs is 3. The number of nitrogens with two attached hydrogens (primary N) is 1. The third-order valence-corrected chi connectivity index (χ3v) is 5.08. The van der Waals surface area contributed by atoms with Gasteiger partial charge in [0, 0.05) is 40.1 Å². The molecule has 0 saturated carbocycles. The summed E-state index contributed by atoms with van der Waals surface area (Å²) in [6.07, 6.45) is 0. The van der Waals surface area contributed by atoms with Gasteiger partial charge in [0.2, 0.25) is 0 Å². The summed E-state index contributed by atoms with van der Waals surface area (Å²) in [5, 5.41) is 2.53. The predicted molar refractivity (Wildman–Crippen MR) is 99.7 cm³/mol. The number of aryl methyl sites for hydroxylation is 2. The number of benzene rings is 3. The molecule has 120 valence electrons. The Labute approximate surface area is 140 Å². The molecule has 0 spiro atoms. The molecule has 0 aliphatic rings. The first kappa shape index (κ1) is 14.8. The van der Waals surface area contributed by atoms with Crippen molar-refractivity contribution in [2.75, 3.05) is 5.73 Å². The number of nitrogens with zero attached hydrogens (tertiary/aromatic N) is 1. The van der Waals surface area contributed by atoms with Crippen molar-refractivity contribution in [1.82, 2.24) is 4.57 Å². The number of para-hydroxylation sites is 1. The fourth-order valence-corrected chi connectivity index (χ4v) is 3.67. The number of hydrogen-bond donors (Lipinski definition) is 1. The van der Waals surface area contributed by atoms with Gasteiger partial charge < -0.3 is 10.3 Å². The topological polar surface area (TPSA) is 30.9 Å². The average Bonchev–Trinajstić information content (AvgIpc) is 2.85. The van der Waals surface area contributed by atoms with Crippen LogP contribution in [0, 0.1) is 19.7 Å². The van der Waals surface area contributed by atoms with Gasteiger partial charge in [0.1, 0.15) is 5.82 Å². The van der Waals surface area contributed by atoms with E-state index in [1.165, 1.54) is 39.5 Å². The van der Waals surface area contributed by atoms with Crippen molar-refractivity contribution in [3.8, 4) is 11.1 Å². The summed E-state index contributed by atoms with van der Waals surface area (Å²) in [4.78, 5) is 0. The summed E-state index contributed by atoms with van der Waals surface area (Å²) in [6, 6.07) is 15.2. The lowest BCUT2D eigenvalue weighted by molar-refractivity contribution is 0.628. The largest absolute Gasteiger partial charge is 0.398 e. The highest BCUT2D eigenvalue weighted by atomic mass is 19.1. The highest BCUT2D eigenvalue weighted by Gasteiger charge is 2.16. The monoisotopic (exact) mass is 318 g/mol.